The second-order valence-corrected chi connectivity index (χ2v) is 3.66. The van der Waals surface area contributed by atoms with E-state index in [4.69, 9.17) is 4.74 Å². The number of carbonyl (C=O) groups excluding carboxylic acids is 1. The molecule has 3 heteroatoms. The van der Waals surface area contributed by atoms with Crippen LogP contribution in [0.3, 0.4) is 0 Å². The molecule has 0 aromatic carbocycles. The normalized spacial score (nSPS) is 13.2. The molecule has 11 heavy (non-hydrogen) atoms. The van der Waals surface area contributed by atoms with E-state index >= 15 is 0 Å². The summed E-state index contributed by atoms with van der Waals surface area (Å²) in [5.74, 6) is -0.0868. The third-order valence-corrected chi connectivity index (χ3v) is 1.75. The lowest BCUT2D eigenvalue weighted by molar-refractivity contribution is -0.151. The van der Waals surface area contributed by atoms with Crippen molar-refractivity contribution in [3.8, 4) is 0 Å². The van der Waals surface area contributed by atoms with Gasteiger partial charge in [0.25, 0.3) is 0 Å². The van der Waals surface area contributed by atoms with Gasteiger partial charge in [-0.25, -0.2) is 0 Å². The van der Waals surface area contributed by atoms with Crippen LogP contribution in [0.1, 0.15) is 27.2 Å². The van der Waals surface area contributed by atoms with Crippen LogP contribution in [0.4, 0.5) is 0 Å². The zero-order valence-corrected chi connectivity index (χ0v) is 8.85. The minimum Gasteiger partial charge on any atom is -0.463 e. The number of ether oxygens (including phenoxy) is 1. The second kappa shape index (κ2) is 5.58. The molecule has 0 bridgehead atoms. The first-order valence-electron chi connectivity index (χ1n) is 3.84. The number of rotatable bonds is 4. The highest BCUT2D eigenvalue weighted by Gasteiger charge is 2.14. The van der Waals surface area contributed by atoms with Crippen molar-refractivity contribution in [3.63, 3.8) is 0 Å². The number of alkyl halides is 1. The molecular formula is C8H15BrO2. The Bertz CT molecular complexity index is 123. The summed E-state index contributed by atoms with van der Waals surface area (Å²) in [4.78, 5) is 11.1. The number of hydrogen-bond donors (Lipinski definition) is 0. The van der Waals surface area contributed by atoms with Crippen molar-refractivity contribution >= 4 is 21.9 Å². The summed E-state index contributed by atoms with van der Waals surface area (Å²) in [6.45, 7) is 5.60. The average molecular weight is 223 g/mol. The molecule has 1 atom stereocenters. The highest BCUT2D eigenvalue weighted by molar-refractivity contribution is 9.09. The van der Waals surface area contributed by atoms with E-state index < -0.39 is 0 Å². The summed E-state index contributed by atoms with van der Waals surface area (Å²) in [6.07, 6.45) is 0.839. The molecule has 0 fully saturated rings. The van der Waals surface area contributed by atoms with E-state index in [9.17, 15) is 4.79 Å². The lowest BCUT2D eigenvalue weighted by Gasteiger charge is -2.12. The van der Waals surface area contributed by atoms with E-state index in [0.717, 1.165) is 11.8 Å². The first kappa shape index (κ1) is 11.0. The van der Waals surface area contributed by atoms with Gasteiger partial charge in [-0.2, -0.15) is 0 Å². The lowest BCUT2D eigenvalue weighted by Crippen LogP contribution is -2.19. The maximum absolute atomic E-state index is 11.1. The molecule has 0 spiro atoms. The van der Waals surface area contributed by atoms with Crippen LogP contribution < -0.4 is 0 Å². The smallest absolute Gasteiger partial charge is 0.308 e. The Balaban J connectivity index is 3.64. The van der Waals surface area contributed by atoms with Crippen LogP contribution in [0.5, 0.6) is 0 Å². The zero-order valence-electron chi connectivity index (χ0n) is 7.26. The van der Waals surface area contributed by atoms with Gasteiger partial charge in [-0.15, -0.1) is 0 Å². The van der Waals surface area contributed by atoms with Gasteiger partial charge < -0.3 is 4.74 Å². The molecule has 0 saturated heterocycles. The van der Waals surface area contributed by atoms with Gasteiger partial charge >= 0.3 is 5.97 Å². The molecule has 0 saturated carbocycles. The van der Waals surface area contributed by atoms with Gasteiger partial charge in [-0.3, -0.25) is 4.79 Å². The largest absolute Gasteiger partial charge is 0.463 e. The minimum absolute atomic E-state index is 0.000255. The Morgan fingerprint density at radius 2 is 2.00 bits per heavy atom. The van der Waals surface area contributed by atoms with Gasteiger partial charge in [0.2, 0.25) is 0 Å². The standard InChI is InChI=1S/C8H15BrO2/c1-6(2)11-8(10)7(3)4-5-9/h6-7H,4-5H2,1-3H3/t7-/m1/s1. The Labute approximate surface area is 76.4 Å². The van der Waals surface area contributed by atoms with E-state index in [1.54, 1.807) is 0 Å². The molecule has 0 aromatic rings. The van der Waals surface area contributed by atoms with E-state index in [1.165, 1.54) is 0 Å². The Morgan fingerprint density at radius 1 is 1.45 bits per heavy atom. The fourth-order valence-corrected chi connectivity index (χ4v) is 1.32. The van der Waals surface area contributed by atoms with Crippen molar-refractivity contribution < 1.29 is 9.53 Å². The maximum atomic E-state index is 11.1. The van der Waals surface area contributed by atoms with Crippen LogP contribution in [0.25, 0.3) is 0 Å². The van der Waals surface area contributed by atoms with Crippen LogP contribution in [-0.2, 0) is 9.53 Å². The van der Waals surface area contributed by atoms with Gasteiger partial charge in [0.05, 0.1) is 12.0 Å². The molecule has 2 nitrogen and oxygen atoms in total. The van der Waals surface area contributed by atoms with E-state index in [1.807, 2.05) is 20.8 Å². The molecule has 0 amide bonds. The van der Waals surface area contributed by atoms with E-state index in [2.05, 4.69) is 15.9 Å². The third-order valence-electron chi connectivity index (χ3n) is 1.30. The number of halogens is 1. The van der Waals surface area contributed by atoms with Crippen molar-refractivity contribution in [2.24, 2.45) is 5.92 Å². The molecule has 66 valence electrons. The van der Waals surface area contributed by atoms with Gasteiger partial charge in [0.1, 0.15) is 0 Å². The summed E-state index contributed by atoms with van der Waals surface area (Å²) in [5, 5.41) is 0.849. The van der Waals surface area contributed by atoms with Crippen LogP contribution in [0, 0.1) is 5.92 Å². The second-order valence-electron chi connectivity index (χ2n) is 2.86. The molecule has 0 unspecified atom stereocenters. The minimum atomic E-state index is -0.0977. The van der Waals surface area contributed by atoms with Crippen molar-refractivity contribution in [1.29, 1.82) is 0 Å². The summed E-state index contributed by atoms with van der Waals surface area (Å²) < 4.78 is 5.00. The van der Waals surface area contributed by atoms with Crippen LogP contribution >= 0.6 is 15.9 Å². The lowest BCUT2D eigenvalue weighted by atomic mass is 10.1. The molecule has 0 radical (unpaired) electrons. The van der Waals surface area contributed by atoms with Gasteiger partial charge in [-0.1, -0.05) is 22.9 Å². The summed E-state index contributed by atoms with van der Waals surface area (Å²) >= 11 is 3.28. The van der Waals surface area contributed by atoms with Crippen molar-refractivity contribution in [2.45, 2.75) is 33.3 Å². The van der Waals surface area contributed by atoms with E-state index in [-0.39, 0.29) is 18.0 Å². The van der Waals surface area contributed by atoms with Crippen molar-refractivity contribution in [2.75, 3.05) is 5.33 Å². The maximum Gasteiger partial charge on any atom is 0.308 e. The van der Waals surface area contributed by atoms with Gasteiger partial charge in [0.15, 0.2) is 0 Å². The van der Waals surface area contributed by atoms with Gasteiger partial charge in [0, 0.05) is 5.33 Å². The zero-order chi connectivity index (χ0) is 8.85. The topological polar surface area (TPSA) is 26.3 Å². The molecule has 0 aliphatic carbocycles. The first-order valence-corrected chi connectivity index (χ1v) is 4.96. The molecule has 0 rings (SSSR count). The summed E-state index contributed by atoms with van der Waals surface area (Å²) in [7, 11) is 0. The molecule has 0 N–H and O–H groups in total. The molecular weight excluding hydrogens is 208 g/mol. The Kier molecular flexibility index (Phi) is 5.56. The number of hydrogen-bond acceptors (Lipinski definition) is 2. The van der Waals surface area contributed by atoms with Gasteiger partial charge in [-0.05, 0) is 20.3 Å². The van der Waals surface area contributed by atoms with Crippen LogP contribution in [0.15, 0.2) is 0 Å². The quantitative estimate of drug-likeness (QED) is 0.540. The van der Waals surface area contributed by atoms with E-state index in [0.29, 0.717) is 0 Å². The molecule has 0 heterocycles. The highest BCUT2D eigenvalue weighted by Crippen LogP contribution is 2.07. The molecule has 0 aliphatic heterocycles. The fraction of sp³-hybridized carbons (Fsp3) is 0.875. The first-order chi connectivity index (χ1) is 5.07. The van der Waals surface area contributed by atoms with Crippen molar-refractivity contribution in [3.05, 3.63) is 0 Å². The molecule has 0 aliphatic rings. The molecule has 0 aromatic heterocycles. The Morgan fingerprint density at radius 3 is 2.36 bits per heavy atom. The van der Waals surface area contributed by atoms with Crippen molar-refractivity contribution in [1.82, 2.24) is 0 Å². The van der Waals surface area contributed by atoms with Crippen LogP contribution in [-0.4, -0.2) is 17.4 Å². The predicted octanol–water partition coefficient (Wildman–Crippen LogP) is 2.36. The number of esters is 1. The summed E-state index contributed by atoms with van der Waals surface area (Å²) in [6, 6.07) is 0. The average Bonchev–Trinajstić information content (AvgIpc) is 1.86. The Hall–Kier alpha value is -0.0500. The number of carbonyl (C=O) groups is 1. The monoisotopic (exact) mass is 222 g/mol. The third kappa shape index (κ3) is 5.24. The SMILES string of the molecule is CC(C)OC(=O)[C@H](C)CCBr. The summed E-state index contributed by atoms with van der Waals surface area (Å²) in [5.41, 5.74) is 0. The predicted molar refractivity (Wildman–Crippen MR) is 48.8 cm³/mol. The highest BCUT2D eigenvalue weighted by atomic mass is 79.9. The van der Waals surface area contributed by atoms with Crippen LogP contribution in [0.2, 0.25) is 0 Å². The fourth-order valence-electron chi connectivity index (χ4n) is 0.630.